The first kappa shape index (κ1) is 18.1. The Labute approximate surface area is 150 Å². The number of unbranched alkanes of at least 4 members (excludes halogenated alkanes) is 1. The van der Waals surface area contributed by atoms with Gasteiger partial charge in [0, 0.05) is 31.2 Å². The van der Waals surface area contributed by atoms with Gasteiger partial charge in [-0.3, -0.25) is 14.4 Å². The fourth-order valence-corrected chi connectivity index (χ4v) is 3.22. The topological polar surface area (TPSA) is 112 Å². The molecule has 9 nitrogen and oxygen atoms in total. The van der Waals surface area contributed by atoms with Gasteiger partial charge in [0.05, 0.1) is 6.20 Å². The number of carbonyl (C=O) groups is 2. The zero-order valence-corrected chi connectivity index (χ0v) is 15.1. The predicted octanol–water partition coefficient (Wildman–Crippen LogP) is 0.495. The minimum absolute atomic E-state index is 0.0529. The molecule has 0 saturated carbocycles. The molecule has 0 spiro atoms. The molecule has 2 aromatic rings. The van der Waals surface area contributed by atoms with Gasteiger partial charge in [0.25, 0.3) is 11.5 Å². The van der Waals surface area contributed by atoms with E-state index < -0.39 is 0 Å². The van der Waals surface area contributed by atoms with Crippen molar-refractivity contribution in [2.24, 2.45) is 5.92 Å². The first-order valence-corrected chi connectivity index (χ1v) is 9.03. The molecule has 1 aliphatic heterocycles. The van der Waals surface area contributed by atoms with Gasteiger partial charge in [0.15, 0.2) is 11.2 Å². The van der Waals surface area contributed by atoms with E-state index >= 15 is 0 Å². The van der Waals surface area contributed by atoms with Gasteiger partial charge in [0.1, 0.15) is 0 Å². The summed E-state index contributed by atoms with van der Waals surface area (Å²) >= 11 is 0. The SMILES string of the molecule is CCCCNC(=O)C1CCN(C(=O)c2nnn3cc(C)[nH]c(=O)c23)CC1. The molecule has 0 atom stereocenters. The van der Waals surface area contributed by atoms with E-state index in [2.05, 4.69) is 27.5 Å². The second-order valence-electron chi connectivity index (χ2n) is 6.71. The summed E-state index contributed by atoms with van der Waals surface area (Å²) in [5.74, 6) is -0.329. The van der Waals surface area contributed by atoms with Crippen LogP contribution in [-0.2, 0) is 4.79 Å². The molecule has 0 aromatic carbocycles. The lowest BCUT2D eigenvalue weighted by Gasteiger charge is -2.30. The number of H-pyrrole nitrogens is 1. The molecular weight excluding hydrogens is 336 g/mol. The summed E-state index contributed by atoms with van der Waals surface area (Å²) in [6.45, 7) is 5.45. The van der Waals surface area contributed by atoms with E-state index in [1.807, 2.05) is 0 Å². The van der Waals surface area contributed by atoms with E-state index in [4.69, 9.17) is 0 Å². The predicted molar refractivity (Wildman–Crippen MR) is 94.9 cm³/mol. The molecule has 26 heavy (non-hydrogen) atoms. The maximum absolute atomic E-state index is 12.8. The average molecular weight is 360 g/mol. The Morgan fingerprint density at radius 2 is 2.08 bits per heavy atom. The number of aromatic amines is 1. The monoisotopic (exact) mass is 360 g/mol. The van der Waals surface area contributed by atoms with Crippen molar-refractivity contribution in [2.75, 3.05) is 19.6 Å². The van der Waals surface area contributed by atoms with Crippen molar-refractivity contribution in [3.8, 4) is 0 Å². The Hall–Kier alpha value is -2.71. The molecule has 0 radical (unpaired) electrons. The number of nitrogens with zero attached hydrogens (tertiary/aromatic N) is 4. The zero-order chi connectivity index (χ0) is 18.7. The van der Waals surface area contributed by atoms with Crippen molar-refractivity contribution >= 4 is 17.3 Å². The lowest BCUT2D eigenvalue weighted by Crippen LogP contribution is -2.43. The Morgan fingerprint density at radius 3 is 2.77 bits per heavy atom. The van der Waals surface area contributed by atoms with E-state index in [-0.39, 0.29) is 34.5 Å². The van der Waals surface area contributed by atoms with Crippen molar-refractivity contribution in [3.63, 3.8) is 0 Å². The molecule has 0 unspecified atom stereocenters. The molecular formula is C17H24N6O3. The van der Waals surface area contributed by atoms with Crippen molar-refractivity contribution in [1.29, 1.82) is 0 Å². The van der Waals surface area contributed by atoms with E-state index in [0.29, 0.717) is 38.2 Å². The molecule has 0 bridgehead atoms. The molecule has 140 valence electrons. The standard InChI is InChI=1S/C17H24N6O3/c1-3-4-7-18-15(24)12-5-8-22(9-6-12)17(26)13-14-16(25)19-11(2)10-23(14)21-20-13/h10,12H,3-9H2,1-2H3,(H,18,24)(H,19,25). The first-order chi connectivity index (χ1) is 12.5. The van der Waals surface area contributed by atoms with Crippen LogP contribution in [0, 0.1) is 12.8 Å². The van der Waals surface area contributed by atoms with Gasteiger partial charge in [-0.1, -0.05) is 18.6 Å². The number of nitrogens with one attached hydrogen (secondary N) is 2. The van der Waals surface area contributed by atoms with Crippen molar-refractivity contribution in [2.45, 2.75) is 39.5 Å². The third-order valence-corrected chi connectivity index (χ3v) is 4.72. The van der Waals surface area contributed by atoms with Crippen LogP contribution in [0.2, 0.25) is 0 Å². The number of fused-ring (bicyclic) bond motifs is 1. The van der Waals surface area contributed by atoms with E-state index in [9.17, 15) is 14.4 Å². The number of hydrogen-bond donors (Lipinski definition) is 2. The zero-order valence-electron chi connectivity index (χ0n) is 15.1. The summed E-state index contributed by atoms with van der Waals surface area (Å²) in [5.41, 5.74) is 0.460. The summed E-state index contributed by atoms with van der Waals surface area (Å²) in [6.07, 6.45) is 4.85. The van der Waals surface area contributed by atoms with Crippen LogP contribution in [0.15, 0.2) is 11.0 Å². The second-order valence-corrected chi connectivity index (χ2v) is 6.71. The Morgan fingerprint density at radius 1 is 1.35 bits per heavy atom. The maximum Gasteiger partial charge on any atom is 0.276 e. The Bertz CT molecular complexity index is 863. The highest BCUT2D eigenvalue weighted by atomic mass is 16.2. The van der Waals surface area contributed by atoms with Crippen LogP contribution >= 0.6 is 0 Å². The lowest BCUT2D eigenvalue weighted by atomic mass is 9.95. The van der Waals surface area contributed by atoms with Gasteiger partial charge in [-0.05, 0) is 26.2 Å². The normalized spacial score (nSPS) is 15.4. The number of aryl methyl sites for hydroxylation is 1. The van der Waals surface area contributed by atoms with E-state index in [0.717, 1.165) is 12.8 Å². The molecule has 1 fully saturated rings. The number of piperidine rings is 1. The van der Waals surface area contributed by atoms with Crippen LogP contribution in [0.1, 0.15) is 48.8 Å². The second kappa shape index (κ2) is 7.67. The van der Waals surface area contributed by atoms with Gasteiger partial charge in [-0.15, -0.1) is 5.10 Å². The number of carbonyl (C=O) groups excluding carboxylic acids is 2. The number of amides is 2. The van der Waals surface area contributed by atoms with Gasteiger partial charge < -0.3 is 15.2 Å². The summed E-state index contributed by atoms with van der Waals surface area (Å²) in [6, 6.07) is 0. The number of aromatic nitrogens is 4. The third kappa shape index (κ3) is 3.61. The Balaban J connectivity index is 1.66. The quantitative estimate of drug-likeness (QED) is 0.754. The smallest absolute Gasteiger partial charge is 0.276 e. The maximum atomic E-state index is 12.8. The van der Waals surface area contributed by atoms with Crippen LogP contribution in [0.4, 0.5) is 0 Å². The summed E-state index contributed by atoms with van der Waals surface area (Å²) in [5, 5.41) is 10.7. The molecule has 3 heterocycles. The number of hydrogen-bond acceptors (Lipinski definition) is 5. The molecule has 2 aromatic heterocycles. The molecule has 1 saturated heterocycles. The van der Waals surface area contributed by atoms with Crippen LogP contribution in [0.5, 0.6) is 0 Å². The van der Waals surface area contributed by atoms with Gasteiger partial charge in [-0.2, -0.15) is 0 Å². The number of likely N-dealkylation sites (tertiary alicyclic amines) is 1. The lowest BCUT2D eigenvalue weighted by molar-refractivity contribution is -0.126. The highest BCUT2D eigenvalue weighted by Crippen LogP contribution is 2.19. The Kier molecular flexibility index (Phi) is 5.34. The molecule has 1 aliphatic rings. The van der Waals surface area contributed by atoms with Gasteiger partial charge >= 0.3 is 0 Å². The molecule has 3 rings (SSSR count). The van der Waals surface area contributed by atoms with E-state index in [1.54, 1.807) is 18.0 Å². The fourth-order valence-electron chi connectivity index (χ4n) is 3.22. The van der Waals surface area contributed by atoms with Crippen LogP contribution in [0.3, 0.4) is 0 Å². The van der Waals surface area contributed by atoms with Crippen molar-refractivity contribution in [1.82, 2.24) is 30.0 Å². The largest absolute Gasteiger partial charge is 0.356 e. The minimum Gasteiger partial charge on any atom is -0.356 e. The highest BCUT2D eigenvalue weighted by Gasteiger charge is 2.30. The van der Waals surface area contributed by atoms with Crippen molar-refractivity contribution in [3.05, 3.63) is 27.9 Å². The highest BCUT2D eigenvalue weighted by molar-refractivity contribution is 5.98. The molecule has 2 N–H and O–H groups in total. The van der Waals surface area contributed by atoms with Crippen LogP contribution in [-0.4, -0.2) is 56.2 Å². The average Bonchev–Trinajstić information content (AvgIpc) is 3.05. The van der Waals surface area contributed by atoms with Crippen molar-refractivity contribution < 1.29 is 9.59 Å². The molecule has 2 amide bonds. The summed E-state index contributed by atoms with van der Waals surface area (Å²) in [4.78, 5) is 41.4. The summed E-state index contributed by atoms with van der Waals surface area (Å²) in [7, 11) is 0. The molecule has 0 aliphatic carbocycles. The summed E-state index contributed by atoms with van der Waals surface area (Å²) < 4.78 is 1.33. The third-order valence-electron chi connectivity index (χ3n) is 4.72. The van der Waals surface area contributed by atoms with Gasteiger partial charge in [-0.25, -0.2) is 4.52 Å². The van der Waals surface area contributed by atoms with E-state index in [1.165, 1.54) is 4.52 Å². The fraction of sp³-hybridized carbons (Fsp3) is 0.588. The number of rotatable bonds is 5. The minimum atomic E-state index is -0.386. The van der Waals surface area contributed by atoms with Gasteiger partial charge in [0.2, 0.25) is 5.91 Å². The van der Waals surface area contributed by atoms with Crippen LogP contribution in [0.25, 0.3) is 5.52 Å². The molecule has 9 heteroatoms. The first-order valence-electron chi connectivity index (χ1n) is 9.03. The van der Waals surface area contributed by atoms with Crippen LogP contribution < -0.4 is 10.9 Å².